The van der Waals surface area contributed by atoms with E-state index >= 15 is 0 Å². The fourth-order valence-corrected chi connectivity index (χ4v) is 3.81. The number of nitrogens with zero attached hydrogens (tertiary/aromatic N) is 2. The molecule has 0 aliphatic heterocycles. The van der Waals surface area contributed by atoms with Gasteiger partial charge in [0, 0.05) is 11.1 Å². The molecule has 2 aromatic carbocycles. The number of fused-ring (bicyclic) bond motifs is 2. The average Bonchev–Trinajstić information content (AvgIpc) is 2.63. The SMILES string of the molecule is Cc1c2c(nc3ccccc13)CCC(C#N)(c1ccccc1)C2.Cl. The van der Waals surface area contributed by atoms with Gasteiger partial charge in [0.1, 0.15) is 0 Å². The molecule has 24 heavy (non-hydrogen) atoms. The number of para-hydroxylation sites is 1. The highest BCUT2D eigenvalue weighted by molar-refractivity contribution is 5.85. The average molecular weight is 335 g/mol. The van der Waals surface area contributed by atoms with E-state index in [0.717, 1.165) is 30.3 Å². The van der Waals surface area contributed by atoms with Crippen LogP contribution in [0.1, 0.15) is 28.8 Å². The maximum absolute atomic E-state index is 9.95. The van der Waals surface area contributed by atoms with Gasteiger partial charge in [-0.1, -0.05) is 48.5 Å². The van der Waals surface area contributed by atoms with E-state index in [1.165, 1.54) is 22.2 Å². The molecule has 0 saturated carbocycles. The Balaban J connectivity index is 0.00000169. The molecule has 2 nitrogen and oxygen atoms in total. The molecule has 120 valence electrons. The van der Waals surface area contributed by atoms with E-state index in [2.05, 4.69) is 43.3 Å². The van der Waals surface area contributed by atoms with Gasteiger partial charge in [-0.15, -0.1) is 12.4 Å². The maximum atomic E-state index is 9.95. The van der Waals surface area contributed by atoms with E-state index in [0.29, 0.717) is 0 Å². The van der Waals surface area contributed by atoms with Gasteiger partial charge in [0.05, 0.1) is 17.0 Å². The molecule has 0 bridgehead atoms. The fraction of sp³-hybridized carbons (Fsp3) is 0.238. The number of aryl methyl sites for hydroxylation is 2. The highest BCUT2D eigenvalue weighted by Gasteiger charge is 2.37. The summed E-state index contributed by atoms with van der Waals surface area (Å²) in [5.41, 5.74) is 5.47. The minimum Gasteiger partial charge on any atom is -0.253 e. The molecule has 0 radical (unpaired) electrons. The smallest absolute Gasteiger partial charge is 0.0867 e. The summed E-state index contributed by atoms with van der Waals surface area (Å²) < 4.78 is 0. The second kappa shape index (κ2) is 6.26. The third-order valence-corrected chi connectivity index (χ3v) is 5.17. The standard InChI is InChI=1S/C21H18N2.ClH/c1-15-17-9-5-6-10-19(17)23-20-11-12-21(14-22,13-18(15)20)16-7-3-2-4-8-16;/h2-10H,11-13H2,1H3;1H. The Labute approximate surface area is 148 Å². The Morgan fingerprint density at radius 1 is 1.04 bits per heavy atom. The normalized spacial score (nSPS) is 19.2. The number of hydrogen-bond donors (Lipinski definition) is 0. The number of halogens is 1. The molecule has 4 rings (SSSR count). The van der Waals surface area contributed by atoms with Crippen molar-refractivity contribution < 1.29 is 0 Å². The number of pyridine rings is 1. The first-order chi connectivity index (χ1) is 11.2. The molecule has 1 aliphatic carbocycles. The van der Waals surface area contributed by atoms with E-state index in [9.17, 15) is 5.26 Å². The molecule has 1 heterocycles. The maximum Gasteiger partial charge on any atom is 0.0867 e. The molecule has 0 N–H and O–H groups in total. The van der Waals surface area contributed by atoms with Crippen molar-refractivity contribution in [3.8, 4) is 6.07 Å². The second-order valence-electron chi connectivity index (χ2n) is 6.42. The Bertz CT molecular complexity index is 928. The van der Waals surface area contributed by atoms with Crippen LogP contribution in [0.5, 0.6) is 0 Å². The quantitative estimate of drug-likeness (QED) is 0.633. The van der Waals surface area contributed by atoms with E-state index < -0.39 is 5.41 Å². The summed E-state index contributed by atoms with van der Waals surface area (Å²) in [4.78, 5) is 4.86. The molecule has 1 atom stereocenters. The molecule has 1 aliphatic rings. The highest BCUT2D eigenvalue weighted by atomic mass is 35.5. The zero-order valence-electron chi connectivity index (χ0n) is 13.6. The summed E-state index contributed by atoms with van der Waals surface area (Å²) in [7, 11) is 0. The molecule has 0 spiro atoms. The molecule has 0 fully saturated rings. The zero-order chi connectivity index (χ0) is 15.9. The minimum atomic E-state index is -0.427. The first kappa shape index (κ1) is 16.5. The second-order valence-corrected chi connectivity index (χ2v) is 6.42. The van der Waals surface area contributed by atoms with Gasteiger partial charge < -0.3 is 0 Å². The van der Waals surface area contributed by atoms with Gasteiger partial charge in [-0.3, -0.25) is 4.98 Å². The van der Waals surface area contributed by atoms with Gasteiger partial charge in [-0.2, -0.15) is 5.26 Å². The van der Waals surface area contributed by atoms with Crippen LogP contribution in [0, 0.1) is 18.3 Å². The Morgan fingerprint density at radius 2 is 1.75 bits per heavy atom. The van der Waals surface area contributed by atoms with Crippen LogP contribution in [-0.2, 0) is 18.3 Å². The summed E-state index contributed by atoms with van der Waals surface area (Å²) in [6.07, 6.45) is 2.46. The third kappa shape index (κ3) is 2.46. The lowest BCUT2D eigenvalue weighted by Gasteiger charge is -2.33. The van der Waals surface area contributed by atoms with Crippen LogP contribution < -0.4 is 0 Å². The molecule has 1 unspecified atom stereocenters. The summed E-state index contributed by atoms with van der Waals surface area (Å²) in [5, 5.41) is 11.2. The Hall–Kier alpha value is -2.37. The molecule has 3 aromatic rings. The fourth-order valence-electron chi connectivity index (χ4n) is 3.81. The van der Waals surface area contributed by atoms with Gasteiger partial charge in [0.25, 0.3) is 0 Å². The van der Waals surface area contributed by atoms with E-state index in [-0.39, 0.29) is 12.4 Å². The lowest BCUT2D eigenvalue weighted by Crippen LogP contribution is -2.33. The molecule has 1 aromatic heterocycles. The molecule has 0 amide bonds. The summed E-state index contributed by atoms with van der Waals surface area (Å²) in [6, 6.07) is 21.1. The monoisotopic (exact) mass is 334 g/mol. The Kier molecular flexibility index (Phi) is 4.30. The largest absolute Gasteiger partial charge is 0.253 e. The van der Waals surface area contributed by atoms with Crippen molar-refractivity contribution in [1.82, 2.24) is 4.98 Å². The predicted octanol–water partition coefficient (Wildman–Crippen LogP) is 4.92. The number of nitriles is 1. The summed E-state index contributed by atoms with van der Waals surface area (Å²) in [6.45, 7) is 2.17. The molecular weight excluding hydrogens is 316 g/mol. The van der Waals surface area contributed by atoms with Crippen LogP contribution in [0.3, 0.4) is 0 Å². The van der Waals surface area contributed by atoms with E-state index in [1.54, 1.807) is 0 Å². The van der Waals surface area contributed by atoms with Crippen LogP contribution in [0.15, 0.2) is 54.6 Å². The van der Waals surface area contributed by atoms with Gasteiger partial charge in [0.2, 0.25) is 0 Å². The number of rotatable bonds is 1. The van der Waals surface area contributed by atoms with Crippen molar-refractivity contribution in [3.05, 3.63) is 77.0 Å². The van der Waals surface area contributed by atoms with Crippen molar-refractivity contribution in [2.24, 2.45) is 0 Å². The van der Waals surface area contributed by atoms with Crippen molar-refractivity contribution in [2.45, 2.75) is 31.6 Å². The van der Waals surface area contributed by atoms with Crippen molar-refractivity contribution in [3.63, 3.8) is 0 Å². The van der Waals surface area contributed by atoms with Crippen LogP contribution >= 0.6 is 12.4 Å². The van der Waals surface area contributed by atoms with E-state index in [1.807, 2.05) is 24.3 Å². The van der Waals surface area contributed by atoms with Crippen LogP contribution in [-0.4, -0.2) is 4.98 Å². The van der Waals surface area contributed by atoms with Crippen molar-refractivity contribution >= 4 is 23.3 Å². The minimum absolute atomic E-state index is 0. The number of hydrogen-bond acceptors (Lipinski definition) is 2. The number of benzene rings is 2. The van der Waals surface area contributed by atoms with Gasteiger partial charge in [0.15, 0.2) is 0 Å². The van der Waals surface area contributed by atoms with Crippen molar-refractivity contribution in [1.29, 1.82) is 5.26 Å². The summed E-state index contributed by atoms with van der Waals surface area (Å²) >= 11 is 0. The van der Waals surface area contributed by atoms with Crippen LogP contribution in [0.25, 0.3) is 10.9 Å². The van der Waals surface area contributed by atoms with E-state index in [4.69, 9.17) is 4.98 Å². The predicted molar refractivity (Wildman–Crippen MR) is 99.5 cm³/mol. The molecule has 3 heteroatoms. The molecule has 0 saturated heterocycles. The van der Waals surface area contributed by atoms with Crippen molar-refractivity contribution in [2.75, 3.05) is 0 Å². The number of aromatic nitrogens is 1. The zero-order valence-corrected chi connectivity index (χ0v) is 14.4. The van der Waals surface area contributed by atoms with Gasteiger partial charge >= 0.3 is 0 Å². The first-order valence-electron chi connectivity index (χ1n) is 8.07. The topological polar surface area (TPSA) is 36.7 Å². The van der Waals surface area contributed by atoms with Crippen LogP contribution in [0.4, 0.5) is 0 Å². The summed E-state index contributed by atoms with van der Waals surface area (Å²) in [5.74, 6) is 0. The van der Waals surface area contributed by atoms with Gasteiger partial charge in [-0.25, -0.2) is 0 Å². The molecular formula is C21H19ClN2. The first-order valence-corrected chi connectivity index (χ1v) is 8.07. The lowest BCUT2D eigenvalue weighted by atomic mass is 9.68. The lowest BCUT2D eigenvalue weighted by molar-refractivity contribution is 0.466. The Morgan fingerprint density at radius 3 is 2.50 bits per heavy atom. The van der Waals surface area contributed by atoms with Crippen LogP contribution in [0.2, 0.25) is 0 Å². The third-order valence-electron chi connectivity index (χ3n) is 5.17. The van der Waals surface area contributed by atoms with Gasteiger partial charge in [-0.05, 0) is 48.9 Å². The highest BCUT2D eigenvalue weighted by Crippen LogP contribution is 2.40.